The van der Waals surface area contributed by atoms with Crippen molar-refractivity contribution in [3.8, 4) is 5.75 Å². The van der Waals surface area contributed by atoms with Crippen molar-refractivity contribution in [2.75, 3.05) is 27.8 Å². The fourth-order valence-corrected chi connectivity index (χ4v) is 9.48. The zero-order chi connectivity index (χ0) is 97.3. The van der Waals surface area contributed by atoms with Crippen LogP contribution >= 0.6 is 57.4 Å². The maximum Gasteiger partial charge on any atom is 0.416 e. The zero-order valence-electron chi connectivity index (χ0n) is 69.0. The lowest BCUT2D eigenvalue weighted by atomic mass is 10.0. The van der Waals surface area contributed by atoms with Gasteiger partial charge in [0.2, 0.25) is 11.9 Å². The molecule has 0 saturated carbocycles. The number of hydrogen-bond acceptors (Lipinski definition) is 25. The van der Waals surface area contributed by atoms with Gasteiger partial charge in [-0.15, -0.1) is 0 Å². The number of esters is 1. The third-order valence-electron chi connectivity index (χ3n) is 15.9. The summed E-state index contributed by atoms with van der Waals surface area (Å²) >= 11 is 19.4. The number of rotatable bonds is 33. The Balaban J connectivity index is -0.00000134. The number of ketones is 1. The van der Waals surface area contributed by atoms with Gasteiger partial charge in [-0.2, -0.15) is 13.2 Å². The summed E-state index contributed by atoms with van der Waals surface area (Å²) < 4.78 is 47.0. The van der Waals surface area contributed by atoms with E-state index in [1.54, 1.807) is 144 Å². The average molecular weight is 1950 g/mol. The Labute approximate surface area is 752 Å². The summed E-state index contributed by atoms with van der Waals surface area (Å²) in [5.41, 5.74) is 57.3. The van der Waals surface area contributed by atoms with E-state index in [9.17, 15) is 75.5 Å². The van der Waals surface area contributed by atoms with E-state index in [-0.39, 0.29) is 56.8 Å². The van der Waals surface area contributed by atoms with E-state index in [4.69, 9.17) is 148 Å². The molecule has 7 aromatic carbocycles. The van der Waals surface area contributed by atoms with Crippen molar-refractivity contribution >= 4 is 135 Å². The van der Waals surface area contributed by atoms with Crippen LogP contribution in [0, 0.1) is 3.57 Å². The molecule has 0 fully saturated rings. The second-order valence-electron chi connectivity index (χ2n) is 26.4. The molecule has 694 valence electrons. The van der Waals surface area contributed by atoms with Crippen LogP contribution in [0.2, 0.25) is 15.1 Å². The highest BCUT2D eigenvalue weighted by atomic mass is 127. The first kappa shape index (κ1) is 119. The van der Waals surface area contributed by atoms with Gasteiger partial charge in [0.15, 0.2) is 0 Å². The van der Waals surface area contributed by atoms with Crippen LogP contribution in [-0.2, 0) is 112 Å². The Kier molecular flexibility index (Phi) is 61.5. The van der Waals surface area contributed by atoms with E-state index in [0.717, 1.165) is 49.3 Å². The fourth-order valence-electron chi connectivity index (χ4n) is 8.57. The van der Waals surface area contributed by atoms with E-state index >= 15 is 0 Å². The Bertz CT molecular complexity index is 4420. The maximum absolute atomic E-state index is 12.2. The smallest absolute Gasteiger partial charge is 0.416 e. The van der Waals surface area contributed by atoms with Crippen LogP contribution in [0.1, 0.15) is 96.5 Å². The van der Waals surface area contributed by atoms with Gasteiger partial charge in [0.05, 0.1) is 19.3 Å². The van der Waals surface area contributed by atoms with Crippen LogP contribution in [0.4, 0.5) is 13.2 Å². The summed E-state index contributed by atoms with van der Waals surface area (Å²) in [6, 6.07) is 39.2. The molecule has 0 saturated heterocycles. The zero-order valence-corrected chi connectivity index (χ0v) is 73.4. The lowest BCUT2D eigenvalue weighted by Crippen LogP contribution is -2.39. The number of nitrogens with two attached hydrogens (primary N) is 10. The molecule has 0 aliphatic heterocycles. The lowest BCUT2D eigenvalue weighted by Gasteiger charge is -2.10. The minimum absolute atomic E-state index is 0.00741. The van der Waals surface area contributed by atoms with Gasteiger partial charge in [-0.05, 0) is 187 Å². The second kappa shape index (κ2) is 65.3. The van der Waals surface area contributed by atoms with E-state index in [1.807, 2.05) is 42.5 Å². The Morgan fingerprint density at radius 3 is 1.10 bits per heavy atom. The molecule has 0 aliphatic carbocycles. The van der Waals surface area contributed by atoms with Gasteiger partial charge in [0.1, 0.15) is 65.9 Å². The maximum atomic E-state index is 12.2. The van der Waals surface area contributed by atoms with Gasteiger partial charge >= 0.3 is 71.8 Å². The number of carboxylic acids is 10. The summed E-state index contributed by atoms with van der Waals surface area (Å²) in [7, 11) is 4.82. The number of carboxylic acid groups (broad SMARTS) is 10. The summed E-state index contributed by atoms with van der Waals surface area (Å²) in [4.78, 5) is 137. The molecule has 7 aromatic rings. The molecular formula is C83H108Cl3F3IN11O25. The highest BCUT2D eigenvalue weighted by Crippen LogP contribution is 2.29. The monoisotopic (exact) mass is 1950 g/mol. The quantitative estimate of drug-likeness (QED) is 0.0117. The van der Waals surface area contributed by atoms with E-state index < -0.39 is 138 Å². The first-order chi connectivity index (χ1) is 58.6. The third-order valence-corrected chi connectivity index (χ3v) is 17.5. The topological polar surface area (TPSA) is 706 Å². The number of benzene rings is 7. The van der Waals surface area contributed by atoms with Gasteiger partial charge in [-0.3, -0.25) is 52.7 Å². The molecule has 0 bridgehead atoms. The Hall–Kier alpha value is -11.4. The van der Waals surface area contributed by atoms with Crippen molar-refractivity contribution in [1.82, 2.24) is 4.90 Å². The number of nitrogens with zero attached hydrogens (tertiary/aromatic N) is 1. The predicted octanol–water partition coefficient (Wildman–Crippen LogP) is 6.59. The van der Waals surface area contributed by atoms with Crippen molar-refractivity contribution < 1.29 is 136 Å². The van der Waals surface area contributed by atoms with E-state index in [1.165, 1.54) is 17.0 Å². The molecule has 0 spiro atoms. The van der Waals surface area contributed by atoms with Gasteiger partial charge in [0.25, 0.3) is 0 Å². The van der Waals surface area contributed by atoms with Crippen LogP contribution in [0.15, 0.2) is 176 Å². The summed E-state index contributed by atoms with van der Waals surface area (Å²) in [6.45, 7) is 3.46. The normalized spacial score (nSPS) is 12.5. The van der Waals surface area contributed by atoms with Crippen molar-refractivity contribution in [3.63, 3.8) is 0 Å². The number of hydrogen-bond donors (Lipinski definition) is 20. The molecule has 43 heteroatoms. The van der Waals surface area contributed by atoms with Crippen molar-refractivity contribution in [3.05, 3.63) is 239 Å². The van der Waals surface area contributed by atoms with Crippen molar-refractivity contribution in [1.29, 1.82) is 0 Å². The number of amides is 1. The highest BCUT2D eigenvalue weighted by Gasteiger charge is 2.30. The number of aliphatic carboxylic acids is 10. The number of carbonyl (C=O) groups is 13. The van der Waals surface area contributed by atoms with Crippen molar-refractivity contribution in [2.45, 2.75) is 151 Å². The molecular weight excluding hydrogens is 1840 g/mol. The molecule has 0 radical (unpaired) electrons. The standard InChI is InChI=1S/C10H10F3NO2.C10H13NO3.3C9H10ClNO2.C9H10INO2.C8H9NO2.C7H14N2O3.C7H13NO3.C5H9NO4/c11-10(12,13)7-3-1-6(2-4-7)5-8(14)9(15)16;1-14-8-4-2-7(3-5-8)6-9(11)10(12)13;10-7-3-1-6(2-4-7)5-8(11)9(12)13;10-7-3-1-2-6(4-7)5-8(11)9(12)13;10-7-4-2-1-3-6(7)5-8(11)9(12)13;10-7-3-1-6(2-4-7)5-8(11)9(12)13;9-7(8(10)11)6-4-2-1-3-5-6;1-9(2)6(10)4-3-5(8)7(11)12;1-2-5(9)3-4-6(8)7(10)11;1-2-10-5(9)3(6)4(7)8/h1-4,8H,5,14H2,(H,15,16);2-5,9H,6,11H2,1H3,(H,12,13);4*1-4,8H,5,11H2,(H,12,13);1-5,7H,9H2,(H,10,11);5H,3-4,8H2,1-2H3,(H,11,12);6H,2-4,8H2,1H3,(H,10,11);3H,2,6H2,1H3,(H,7,8). The Morgan fingerprint density at radius 1 is 0.405 bits per heavy atom. The number of carbonyl (C=O) groups excluding carboxylic acids is 3. The summed E-state index contributed by atoms with van der Waals surface area (Å²) in [5, 5.41) is 86.5. The summed E-state index contributed by atoms with van der Waals surface area (Å²) in [5.74, 6) is -10.8. The number of methoxy groups -OCH3 is 1. The largest absolute Gasteiger partial charge is 0.497 e. The fraction of sp³-hybridized carbons (Fsp3) is 0.337. The lowest BCUT2D eigenvalue weighted by molar-refractivity contribution is -0.154. The number of Topliss-reactive ketones (excluding diaryl/α,β-unsaturated/α-hetero) is 1. The number of alkyl halides is 3. The van der Waals surface area contributed by atoms with Gasteiger partial charge in [0, 0.05) is 52.0 Å². The predicted molar refractivity (Wildman–Crippen MR) is 471 cm³/mol. The minimum Gasteiger partial charge on any atom is -0.497 e. The van der Waals surface area contributed by atoms with Crippen LogP contribution < -0.4 is 62.1 Å². The summed E-state index contributed by atoms with van der Waals surface area (Å²) in [6.07, 6.45) is -1.45. The molecule has 126 heavy (non-hydrogen) atoms. The SMILES string of the molecule is CCC(=O)CCC(N)C(=O)O.CCOC(=O)C(N)C(=O)O.CN(C)C(=O)CCC(N)C(=O)O.COc1ccc(CC(N)C(=O)O)cc1.NC(C(=O)O)c1ccccc1.NC(Cc1ccc(C(F)(F)F)cc1)C(=O)O.NC(Cc1ccc(Cl)cc1)C(=O)O.NC(Cc1ccc(I)cc1)C(=O)O.NC(Cc1cccc(Cl)c1)C(=O)O.NC(Cc1ccccc1Cl)C(=O)O. The molecule has 0 heterocycles. The third kappa shape index (κ3) is 57.2. The van der Waals surface area contributed by atoms with E-state index in [2.05, 4.69) is 27.3 Å². The van der Waals surface area contributed by atoms with Gasteiger partial charge < -0.3 is 123 Å². The number of halogens is 7. The molecule has 36 nitrogen and oxygen atoms in total. The van der Waals surface area contributed by atoms with Gasteiger partial charge in [-0.25, -0.2) is 9.59 Å². The minimum atomic E-state index is -4.38. The molecule has 30 N–H and O–H groups in total. The molecule has 0 aromatic heterocycles. The van der Waals surface area contributed by atoms with Crippen LogP contribution in [0.25, 0.3) is 0 Å². The molecule has 1 amide bonds. The molecule has 10 atom stereocenters. The second-order valence-corrected chi connectivity index (χ2v) is 28.9. The van der Waals surface area contributed by atoms with Crippen molar-refractivity contribution in [2.24, 2.45) is 57.3 Å². The number of ether oxygens (including phenoxy) is 2. The van der Waals surface area contributed by atoms with Gasteiger partial charge in [-0.1, -0.05) is 151 Å². The van der Waals surface area contributed by atoms with E-state index in [0.29, 0.717) is 58.3 Å². The van der Waals surface area contributed by atoms with Crippen LogP contribution in [0.3, 0.4) is 0 Å². The highest BCUT2D eigenvalue weighted by molar-refractivity contribution is 14.1. The molecule has 7 rings (SSSR count). The van der Waals surface area contributed by atoms with Crippen LogP contribution in [-0.4, -0.2) is 216 Å². The average Bonchev–Trinajstić information content (AvgIpc) is 0.851. The first-order valence-corrected chi connectivity index (χ1v) is 39.4. The van der Waals surface area contributed by atoms with Crippen LogP contribution in [0.5, 0.6) is 5.75 Å². The first-order valence-electron chi connectivity index (χ1n) is 37.2. The molecule has 0 aliphatic rings. The molecule has 10 unspecified atom stereocenters. The Morgan fingerprint density at radius 2 is 0.762 bits per heavy atom.